The molecule has 2 fully saturated rings. The second kappa shape index (κ2) is 4.63. The third kappa shape index (κ3) is 2.52. The summed E-state index contributed by atoms with van der Waals surface area (Å²) in [6.45, 7) is 4.48. The lowest BCUT2D eigenvalue weighted by molar-refractivity contribution is -0.150. The summed E-state index contributed by atoms with van der Waals surface area (Å²) in [6.07, 6.45) is 7.88. The van der Waals surface area contributed by atoms with Crippen LogP contribution in [0, 0.1) is 5.41 Å². The van der Waals surface area contributed by atoms with Crippen LogP contribution in [0.15, 0.2) is 12.5 Å². The summed E-state index contributed by atoms with van der Waals surface area (Å²) in [7, 11) is 0. The molecule has 3 rings (SSSR count). The number of imidazole rings is 1. The summed E-state index contributed by atoms with van der Waals surface area (Å²) >= 11 is 0. The average Bonchev–Trinajstić information content (AvgIpc) is 3.13. The summed E-state index contributed by atoms with van der Waals surface area (Å²) < 4.78 is 2.28. The Morgan fingerprint density at radius 1 is 1.47 bits per heavy atom. The molecule has 2 aliphatic rings. The number of hydrogen-bond acceptors (Lipinski definition) is 3. The minimum atomic E-state index is -0.657. The molecule has 1 aromatic rings. The molecule has 1 saturated carbocycles. The van der Waals surface area contributed by atoms with Crippen molar-refractivity contribution in [2.75, 3.05) is 13.1 Å². The van der Waals surface area contributed by atoms with E-state index in [1.807, 2.05) is 19.4 Å². The van der Waals surface area contributed by atoms with E-state index in [1.54, 1.807) is 0 Å². The molecule has 1 N–H and O–H groups in total. The maximum absolute atomic E-state index is 11.2. The van der Waals surface area contributed by atoms with Crippen molar-refractivity contribution < 1.29 is 9.90 Å². The average molecular weight is 263 g/mol. The molecule has 0 aromatic carbocycles. The highest BCUT2D eigenvalue weighted by molar-refractivity contribution is 5.74. The number of carboxylic acids is 1. The SMILES string of the molecule is CC1(C(=O)O)CCN(Cc2cncn2C2CC2)CC1. The molecular formula is C14H21N3O2. The van der Waals surface area contributed by atoms with Crippen molar-refractivity contribution in [1.29, 1.82) is 0 Å². The zero-order chi connectivity index (χ0) is 13.5. The molecule has 1 aliphatic carbocycles. The molecule has 0 amide bonds. The van der Waals surface area contributed by atoms with E-state index in [4.69, 9.17) is 0 Å². The van der Waals surface area contributed by atoms with Crippen LogP contribution in [0.5, 0.6) is 0 Å². The van der Waals surface area contributed by atoms with E-state index in [1.165, 1.54) is 18.5 Å². The van der Waals surface area contributed by atoms with Crippen molar-refractivity contribution in [3.63, 3.8) is 0 Å². The van der Waals surface area contributed by atoms with E-state index in [9.17, 15) is 9.90 Å². The largest absolute Gasteiger partial charge is 0.481 e. The fourth-order valence-electron chi connectivity index (χ4n) is 2.78. The highest BCUT2D eigenvalue weighted by atomic mass is 16.4. The van der Waals surface area contributed by atoms with Gasteiger partial charge in [0, 0.05) is 18.8 Å². The van der Waals surface area contributed by atoms with Gasteiger partial charge in [0.25, 0.3) is 0 Å². The molecule has 5 heteroatoms. The summed E-state index contributed by atoms with van der Waals surface area (Å²) in [5.41, 5.74) is 0.731. The minimum absolute atomic E-state index is 0.534. The van der Waals surface area contributed by atoms with Crippen molar-refractivity contribution in [3.05, 3.63) is 18.2 Å². The van der Waals surface area contributed by atoms with Crippen molar-refractivity contribution in [3.8, 4) is 0 Å². The molecule has 5 nitrogen and oxygen atoms in total. The molecule has 0 radical (unpaired) electrons. The first-order chi connectivity index (χ1) is 9.08. The number of piperidine rings is 1. The fourth-order valence-corrected chi connectivity index (χ4v) is 2.78. The maximum Gasteiger partial charge on any atom is 0.309 e. The highest BCUT2D eigenvalue weighted by Gasteiger charge is 2.37. The Morgan fingerprint density at radius 2 is 2.16 bits per heavy atom. The van der Waals surface area contributed by atoms with Crippen LogP contribution >= 0.6 is 0 Å². The van der Waals surface area contributed by atoms with Gasteiger partial charge in [-0.15, -0.1) is 0 Å². The van der Waals surface area contributed by atoms with E-state index < -0.39 is 11.4 Å². The lowest BCUT2D eigenvalue weighted by Gasteiger charge is -2.36. The molecule has 1 aromatic heterocycles. The molecule has 1 aliphatic heterocycles. The first-order valence-electron chi connectivity index (χ1n) is 7.05. The lowest BCUT2D eigenvalue weighted by Crippen LogP contribution is -2.42. The van der Waals surface area contributed by atoms with Crippen LogP contribution in [0.4, 0.5) is 0 Å². The minimum Gasteiger partial charge on any atom is -0.481 e. The van der Waals surface area contributed by atoms with Gasteiger partial charge in [-0.25, -0.2) is 4.98 Å². The number of carboxylic acid groups (broad SMARTS) is 1. The lowest BCUT2D eigenvalue weighted by atomic mass is 9.80. The highest BCUT2D eigenvalue weighted by Crippen LogP contribution is 2.36. The predicted octanol–water partition coefficient (Wildman–Crippen LogP) is 1.90. The van der Waals surface area contributed by atoms with Gasteiger partial charge < -0.3 is 9.67 Å². The van der Waals surface area contributed by atoms with Crippen molar-refractivity contribution in [2.24, 2.45) is 5.41 Å². The number of nitrogens with zero attached hydrogens (tertiary/aromatic N) is 3. The number of hydrogen-bond donors (Lipinski definition) is 1. The molecule has 0 atom stereocenters. The molecule has 0 bridgehead atoms. The molecular weight excluding hydrogens is 242 g/mol. The normalized spacial score (nSPS) is 23.4. The van der Waals surface area contributed by atoms with Crippen LogP contribution in [-0.4, -0.2) is 38.6 Å². The quantitative estimate of drug-likeness (QED) is 0.901. The van der Waals surface area contributed by atoms with Crippen LogP contribution in [0.3, 0.4) is 0 Å². The van der Waals surface area contributed by atoms with Crippen LogP contribution in [0.2, 0.25) is 0 Å². The van der Waals surface area contributed by atoms with E-state index in [0.29, 0.717) is 6.04 Å². The molecule has 104 valence electrons. The third-order valence-electron chi connectivity index (χ3n) is 4.55. The van der Waals surface area contributed by atoms with Crippen LogP contribution < -0.4 is 0 Å². The van der Waals surface area contributed by atoms with E-state index in [0.717, 1.165) is 32.5 Å². The standard InChI is InChI=1S/C14H21N3O2/c1-14(13(18)19)4-6-16(7-5-14)9-12-8-15-10-17(12)11-2-3-11/h8,10-11H,2-7,9H2,1H3,(H,18,19). The van der Waals surface area contributed by atoms with Crippen molar-refractivity contribution >= 4 is 5.97 Å². The van der Waals surface area contributed by atoms with E-state index in [2.05, 4.69) is 14.5 Å². The Labute approximate surface area is 113 Å². The fraction of sp³-hybridized carbons (Fsp3) is 0.714. The topological polar surface area (TPSA) is 58.4 Å². The molecule has 2 heterocycles. The second-order valence-corrected chi connectivity index (χ2v) is 6.17. The van der Waals surface area contributed by atoms with Gasteiger partial charge in [0.05, 0.1) is 17.4 Å². The Hall–Kier alpha value is -1.36. The summed E-state index contributed by atoms with van der Waals surface area (Å²) in [4.78, 5) is 17.8. The van der Waals surface area contributed by atoms with Gasteiger partial charge in [-0.05, 0) is 45.7 Å². The number of carbonyl (C=O) groups is 1. The van der Waals surface area contributed by atoms with Gasteiger partial charge >= 0.3 is 5.97 Å². The number of likely N-dealkylation sites (tertiary alicyclic amines) is 1. The smallest absolute Gasteiger partial charge is 0.309 e. The molecule has 0 spiro atoms. The van der Waals surface area contributed by atoms with Gasteiger partial charge in [-0.2, -0.15) is 0 Å². The zero-order valence-electron chi connectivity index (χ0n) is 11.4. The summed E-state index contributed by atoms with van der Waals surface area (Å²) in [5.74, 6) is -0.657. The van der Waals surface area contributed by atoms with Gasteiger partial charge in [0.1, 0.15) is 0 Å². The van der Waals surface area contributed by atoms with Gasteiger partial charge in [-0.3, -0.25) is 9.69 Å². The van der Waals surface area contributed by atoms with Crippen molar-refractivity contribution in [1.82, 2.24) is 14.5 Å². The van der Waals surface area contributed by atoms with Crippen LogP contribution in [0.25, 0.3) is 0 Å². The number of rotatable bonds is 4. The molecule has 19 heavy (non-hydrogen) atoms. The van der Waals surface area contributed by atoms with Gasteiger partial charge in [0.2, 0.25) is 0 Å². The van der Waals surface area contributed by atoms with Gasteiger partial charge in [0.15, 0.2) is 0 Å². The maximum atomic E-state index is 11.2. The molecule has 1 saturated heterocycles. The summed E-state index contributed by atoms with van der Waals surface area (Å²) in [6, 6.07) is 0.659. The van der Waals surface area contributed by atoms with E-state index >= 15 is 0 Å². The van der Waals surface area contributed by atoms with E-state index in [-0.39, 0.29) is 0 Å². The Morgan fingerprint density at radius 3 is 2.74 bits per heavy atom. The summed E-state index contributed by atoms with van der Waals surface area (Å²) in [5, 5.41) is 9.23. The Bertz CT molecular complexity index is 471. The Kier molecular flexibility index (Phi) is 3.09. The predicted molar refractivity (Wildman–Crippen MR) is 70.8 cm³/mol. The third-order valence-corrected chi connectivity index (χ3v) is 4.55. The van der Waals surface area contributed by atoms with Crippen LogP contribution in [0.1, 0.15) is 44.3 Å². The first-order valence-corrected chi connectivity index (χ1v) is 7.05. The van der Waals surface area contributed by atoms with Crippen LogP contribution in [-0.2, 0) is 11.3 Å². The number of aliphatic carboxylic acids is 1. The van der Waals surface area contributed by atoms with Crippen molar-refractivity contribution in [2.45, 2.75) is 45.2 Å². The monoisotopic (exact) mass is 263 g/mol. The molecule has 0 unspecified atom stereocenters. The first kappa shape index (κ1) is 12.7. The number of aromatic nitrogens is 2. The Balaban J connectivity index is 1.60. The second-order valence-electron chi connectivity index (χ2n) is 6.17. The van der Waals surface area contributed by atoms with Gasteiger partial charge in [-0.1, -0.05) is 0 Å². The zero-order valence-corrected chi connectivity index (χ0v) is 11.4.